The molecule has 0 fully saturated rings. The van der Waals surface area contributed by atoms with Gasteiger partial charge >= 0.3 is 0 Å². The van der Waals surface area contributed by atoms with Gasteiger partial charge in [-0.15, -0.1) is 0 Å². The van der Waals surface area contributed by atoms with Crippen molar-refractivity contribution in [3.63, 3.8) is 0 Å². The van der Waals surface area contributed by atoms with Crippen molar-refractivity contribution in [1.29, 1.82) is 5.41 Å². The number of hydrogen-bond donors (Lipinski definition) is 3. The summed E-state index contributed by atoms with van der Waals surface area (Å²) in [6, 6.07) is 9.57. The molecule has 0 spiro atoms. The third-order valence-corrected chi connectivity index (χ3v) is 3.61. The molecule has 5 heteroatoms. The van der Waals surface area contributed by atoms with Crippen molar-refractivity contribution in [1.82, 2.24) is 4.98 Å². The Balaban J connectivity index is 2.67. The third-order valence-electron chi connectivity index (χ3n) is 3.61. The number of likely N-dealkylation sites (N-methyl/N-ethyl adjacent to an activating group) is 1. The van der Waals surface area contributed by atoms with E-state index in [9.17, 15) is 5.11 Å². The van der Waals surface area contributed by atoms with E-state index in [1.165, 1.54) is 0 Å². The molecule has 5 nitrogen and oxygen atoms in total. The number of para-hydroxylation sites is 1. The second kappa shape index (κ2) is 5.09. The summed E-state index contributed by atoms with van der Waals surface area (Å²) in [7, 11) is 1.85. The fourth-order valence-electron chi connectivity index (χ4n) is 1.95. The van der Waals surface area contributed by atoms with Gasteiger partial charge in [-0.1, -0.05) is 18.2 Å². The molecule has 2 rings (SSSR count). The fraction of sp³-hybridized carbons (Fsp3) is 0.333. The van der Waals surface area contributed by atoms with E-state index in [-0.39, 0.29) is 12.4 Å². The number of benzene rings is 1. The SMILES string of the molecule is CN(c1nc2ccccc2cc1C(=N)N)C(C)(C)CO. The molecule has 0 unspecified atom stereocenters. The van der Waals surface area contributed by atoms with Gasteiger partial charge in [-0.2, -0.15) is 0 Å². The van der Waals surface area contributed by atoms with Gasteiger partial charge in [-0.25, -0.2) is 4.98 Å². The highest BCUT2D eigenvalue weighted by molar-refractivity contribution is 6.03. The first-order chi connectivity index (χ1) is 9.36. The van der Waals surface area contributed by atoms with Crippen LogP contribution in [0, 0.1) is 5.41 Å². The van der Waals surface area contributed by atoms with Crippen LogP contribution in [0.4, 0.5) is 5.82 Å². The number of hydrogen-bond acceptors (Lipinski definition) is 4. The summed E-state index contributed by atoms with van der Waals surface area (Å²) in [6.45, 7) is 3.80. The standard InChI is InChI=1S/C15H20N4O/c1-15(2,9-20)19(3)14-11(13(16)17)8-10-6-4-5-7-12(10)18-14/h4-8,20H,9H2,1-3H3,(H3,16,17). The van der Waals surface area contributed by atoms with Crippen molar-refractivity contribution in [3.8, 4) is 0 Å². The molecule has 1 heterocycles. The number of pyridine rings is 1. The molecule has 20 heavy (non-hydrogen) atoms. The first-order valence-electron chi connectivity index (χ1n) is 6.45. The summed E-state index contributed by atoms with van der Waals surface area (Å²) in [6.07, 6.45) is 0. The molecular weight excluding hydrogens is 252 g/mol. The van der Waals surface area contributed by atoms with E-state index in [1.54, 1.807) is 0 Å². The predicted octanol–water partition coefficient (Wildman–Crippen LogP) is 1.73. The lowest BCUT2D eigenvalue weighted by atomic mass is 10.0. The number of anilines is 1. The van der Waals surface area contributed by atoms with Crippen LogP contribution in [0.3, 0.4) is 0 Å². The Morgan fingerprint density at radius 2 is 2.05 bits per heavy atom. The summed E-state index contributed by atoms with van der Waals surface area (Å²) < 4.78 is 0. The molecule has 0 radical (unpaired) electrons. The minimum Gasteiger partial charge on any atom is -0.394 e. The Morgan fingerprint density at radius 1 is 1.40 bits per heavy atom. The highest BCUT2D eigenvalue weighted by atomic mass is 16.3. The van der Waals surface area contributed by atoms with Gasteiger partial charge in [-0.3, -0.25) is 5.41 Å². The van der Waals surface area contributed by atoms with E-state index in [2.05, 4.69) is 4.98 Å². The van der Waals surface area contributed by atoms with Gasteiger partial charge in [0.05, 0.1) is 23.2 Å². The molecule has 0 amide bonds. The molecule has 4 N–H and O–H groups in total. The van der Waals surface area contributed by atoms with Crippen molar-refractivity contribution >= 4 is 22.6 Å². The highest BCUT2D eigenvalue weighted by Gasteiger charge is 2.26. The van der Waals surface area contributed by atoms with Crippen LogP contribution in [-0.2, 0) is 0 Å². The van der Waals surface area contributed by atoms with Crippen molar-refractivity contribution in [2.45, 2.75) is 19.4 Å². The third kappa shape index (κ3) is 2.44. The molecule has 0 aliphatic heterocycles. The summed E-state index contributed by atoms with van der Waals surface area (Å²) in [5, 5.41) is 18.2. The Bertz CT molecular complexity index is 651. The van der Waals surface area contributed by atoms with Crippen LogP contribution >= 0.6 is 0 Å². The van der Waals surface area contributed by atoms with Crippen molar-refractivity contribution in [2.75, 3.05) is 18.6 Å². The zero-order valence-corrected chi connectivity index (χ0v) is 12.0. The van der Waals surface area contributed by atoms with Crippen LogP contribution in [0.5, 0.6) is 0 Å². The number of fused-ring (bicyclic) bond motifs is 1. The van der Waals surface area contributed by atoms with Crippen LogP contribution in [0.25, 0.3) is 10.9 Å². The molecule has 0 saturated carbocycles. The van der Waals surface area contributed by atoms with Crippen LogP contribution < -0.4 is 10.6 Å². The van der Waals surface area contributed by atoms with Crippen molar-refractivity contribution in [2.24, 2.45) is 5.73 Å². The molecule has 0 aliphatic carbocycles. The van der Waals surface area contributed by atoms with Gasteiger partial charge < -0.3 is 15.7 Å². The lowest BCUT2D eigenvalue weighted by Crippen LogP contribution is -2.45. The summed E-state index contributed by atoms with van der Waals surface area (Å²) >= 11 is 0. The summed E-state index contributed by atoms with van der Waals surface area (Å²) in [5.41, 5.74) is 6.61. The number of aliphatic hydroxyl groups is 1. The first-order valence-corrected chi connectivity index (χ1v) is 6.45. The first kappa shape index (κ1) is 14.3. The Labute approximate surface area is 118 Å². The maximum atomic E-state index is 9.51. The second-order valence-electron chi connectivity index (χ2n) is 5.50. The second-order valence-corrected chi connectivity index (χ2v) is 5.50. The molecule has 0 aliphatic rings. The van der Waals surface area contributed by atoms with Crippen molar-refractivity contribution in [3.05, 3.63) is 35.9 Å². The maximum absolute atomic E-state index is 9.51. The fourth-order valence-corrected chi connectivity index (χ4v) is 1.95. The van der Waals surface area contributed by atoms with Crippen molar-refractivity contribution < 1.29 is 5.11 Å². The molecule has 1 aromatic carbocycles. The smallest absolute Gasteiger partial charge is 0.140 e. The number of aromatic nitrogens is 1. The lowest BCUT2D eigenvalue weighted by Gasteiger charge is -2.36. The van der Waals surface area contributed by atoms with Gasteiger partial charge in [0, 0.05) is 12.4 Å². The quantitative estimate of drug-likeness (QED) is 0.584. The van der Waals surface area contributed by atoms with Gasteiger partial charge in [0.25, 0.3) is 0 Å². The summed E-state index contributed by atoms with van der Waals surface area (Å²) in [5.74, 6) is 0.578. The van der Waals surface area contributed by atoms with E-state index in [4.69, 9.17) is 11.1 Å². The molecule has 0 bridgehead atoms. The zero-order valence-electron chi connectivity index (χ0n) is 12.0. The molecular formula is C15H20N4O. The van der Waals surface area contributed by atoms with Crippen LogP contribution in [0.2, 0.25) is 0 Å². The van der Waals surface area contributed by atoms with Crippen LogP contribution in [0.15, 0.2) is 30.3 Å². The predicted molar refractivity (Wildman–Crippen MR) is 82.3 cm³/mol. The van der Waals surface area contributed by atoms with E-state index in [0.29, 0.717) is 11.4 Å². The average Bonchev–Trinajstić information content (AvgIpc) is 2.44. The number of aliphatic hydroxyl groups excluding tert-OH is 1. The van der Waals surface area contributed by atoms with Gasteiger partial charge in [0.15, 0.2) is 0 Å². The average molecular weight is 272 g/mol. The minimum absolute atomic E-state index is 0.0185. The Kier molecular flexibility index (Phi) is 3.63. The molecule has 0 atom stereocenters. The molecule has 1 aromatic heterocycles. The molecule has 2 aromatic rings. The molecule has 0 saturated heterocycles. The van der Waals surface area contributed by atoms with Gasteiger partial charge in [0.1, 0.15) is 11.7 Å². The normalized spacial score (nSPS) is 11.6. The number of nitrogen functional groups attached to an aromatic ring is 1. The lowest BCUT2D eigenvalue weighted by molar-refractivity contribution is 0.215. The van der Waals surface area contributed by atoms with E-state index < -0.39 is 5.54 Å². The minimum atomic E-state index is -0.486. The van der Waals surface area contributed by atoms with E-state index in [1.807, 2.05) is 56.1 Å². The number of rotatable bonds is 4. The largest absolute Gasteiger partial charge is 0.394 e. The molecule has 106 valence electrons. The number of nitrogens with one attached hydrogen (secondary N) is 1. The Hall–Kier alpha value is -2.14. The monoisotopic (exact) mass is 272 g/mol. The Morgan fingerprint density at radius 3 is 2.65 bits per heavy atom. The zero-order chi connectivity index (χ0) is 14.9. The van der Waals surface area contributed by atoms with Gasteiger partial charge in [-0.05, 0) is 26.0 Å². The number of nitrogens with zero attached hydrogens (tertiary/aromatic N) is 2. The number of amidine groups is 1. The van der Waals surface area contributed by atoms with Gasteiger partial charge in [0.2, 0.25) is 0 Å². The van der Waals surface area contributed by atoms with Crippen LogP contribution in [0.1, 0.15) is 19.4 Å². The topological polar surface area (TPSA) is 86.2 Å². The maximum Gasteiger partial charge on any atom is 0.140 e. The highest BCUT2D eigenvalue weighted by Crippen LogP contribution is 2.27. The number of nitrogens with two attached hydrogens (primary N) is 1. The summed E-state index contributed by atoms with van der Waals surface area (Å²) in [4.78, 5) is 6.46. The van der Waals surface area contributed by atoms with E-state index in [0.717, 1.165) is 10.9 Å². The van der Waals surface area contributed by atoms with E-state index >= 15 is 0 Å². The van der Waals surface area contributed by atoms with Crippen LogP contribution in [-0.4, -0.2) is 35.1 Å².